The van der Waals surface area contributed by atoms with E-state index in [1.807, 2.05) is 30.3 Å². The molecular formula is C15H16N2O3. The fraction of sp³-hybridized carbons (Fsp3) is 0.267. The monoisotopic (exact) mass is 272 g/mol. The maximum absolute atomic E-state index is 12.1. The summed E-state index contributed by atoms with van der Waals surface area (Å²) < 4.78 is 6.17. The maximum atomic E-state index is 12.1. The van der Waals surface area contributed by atoms with E-state index in [9.17, 15) is 9.59 Å². The van der Waals surface area contributed by atoms with Crippen molar-refractivity contribution in [2.24, 2.45) is 0 Å². The van der Waals surface area contributed by atoms with Gasteiger partial charge in [0.1, 0.15) is 6.04 Å². The first-order valence-corrected chi connectivity index (χ1v) is 6.43. The number of ether oxygens (including phenoxy) is 1. The molecule has 1 unspecified atom stereocenters. The highest BCUT2D eigenvalue weighted by Crippen LogP contribution is 2.14. The number of aromatic nitrogens is 2. The van der Waals surface area contributed by atoms with Gasteiger partial charge in [-0.25, -0.2) is 9.78 Å². The molecular weight excluding hydrogens is 256 g/mol. The Kier molecular flexibility index (Phi) is 4.30. The molecule has 2 rings (SSSR count). The molecule has 5 nitrogen and oxygen atoms in total. The number of hydrogen-bond donors (Lipinski definition) is 0. The first-order chi connectivity index (χ1) is 9.63. The van der Waals surface area contributed by atoms with Crippen LogP contribution in [0.2, 0.25) is 0 Å². The van der Waals surface area contributed by atoms with Crippen molar-refractivity contribution in [3.63, 3.8) is 0 Å². The van der Waals surface area contributed by atoms with Gasteiger partial charge in [0.25, 0.3) is 5.56 Å². The minimum absolute atomic E-state index is 0.278. The van der Waals surface area contributed by atoms with Gasteiger partial charge in [0.2, 0.25) is 0 Å². The highest BCUT2D eigenvalue weighted by molar-refractivity contribution is 5.73. The van der Waals surface area contributed by atoms with Gasteiger partial charge in [-0.3, -0.25) is 9.36 Å². The molecule has 0 fully saturated rings. The quantitative estimate of drug-likeness (QED) is 0.799. The van der Waals surface area contributed by atoms with Crippen molar-refractivity contribution in [3.05, 3.63) is 53.1 Å². The van der Waals surface area contributed by atoms with Crippen molar-refractivity contribution >= 4 is 5.97 Å². The molecule has 0 N–H and O–H groups in total. The lowest BCUT2D eigenvalue weighted by molar-refractivity contribution is -0.146. The summed E-state index contributed by atoms with van der Waals surface area (Å²) in [5.41, 5.74) is 1.17. The summed E-state index contributed by atoms with van der Waals surface area (Å²) in [6.45, 7) is 3.63. The van der Waals surface area contributed by atoms with Crippen LogP contribution in [0.25, 0.3) is 11.3 Å². The summed E-state index contributed by atoms with van der Waals surface area (Å²) in [4.78, 5) is 27.9. The van der Waals surface area contributed by atoms with Crippen molar-refractivity contribution in [3.8, 4) is 11.3 Å². The van der Waals surface area contributed by atoms with Gasteiger partial charge in [-0.15, -0.1) is 0 Å². The summed E-state index contributed by atoms with van der Waals surface area (Å²) in [5.74, 6) is -0.441. The highest BCUT2D eigenvalue weighted by Gasteiger charge is 2.17. The zero-order valence-electron chi connectivity index (χ0n) is 11.4. The molecule has 20 heavy (non-hydrogen) atoms. The smallest absolute Gasteiger partial charge is 0.328 e. The van der Waals surface area contributed by atoms with Gasteiger partial charge in [0.15, 0.2) is 0 Å². The summed E-state index contributed by atoms with van der Waals surface area (Å²) in [6.07, 6.45) is 1.38. The second-order valence-corrected chi connectivity index (χ2v) is 4.31. The average molecular weight is 272 g/mol. The second-order valence-electron chi connectivity index (χ2n) is 4.31. The molecule has 0 aliphatic heterocycles. The van der Waals surface area contributed by atoms with Gasteiger partial charge in [-0.05, 0) is 13.8 Å². The van der Waals surface area contributed by atoms with E-state index in [-0.39, 0.29) is 12.2 Å². The Labute approximate surface area is 116 Å². The minimum atomic E-state index is -0.681. The Morgan fingerprint density at radius 1 is 1.35 bits per heavy atom. The van der Waals surface area contributed by atoms with Gasteiger partial charge in [-0.1, -0.05) is 30.3 Å². The van der Waals surface area contributed by atoms with Gasteiger partial charge >= 0.3 is 5.97 Å². The number of rotatable bonds is 4. The number of hydrogen-bond acceptors (Lipinski definition) is 4. The zero-order chi connectivity index (χ0) is 14.5. The third-order valence-electron chi connectivity index (χ3n) is 2.95. The molecule has 1 atom stereocenters. The normalized spacial score (nSPS) is 11.9. The first-order valence-electron chi connectivity index (χ1n) is 6.43. The van der Waals surface area contributed by atoms with Crippen LogP contribution in [0.15, 0.2) is 47.5 Å². The SMILES string of the molecule is CCOC(=O)C(C)n1cnc(-c2ccccc2)cc1=O. The van der Waals surface area contributed by atoms with E-state index >= 15 is 0 Å². The molecule has 5 heteroatoms. The summed E-state index contributed by atoms with van der Waals surface area (Å²) in [5, 5.41) is 0. The van der Waals surface area contributed by atoms with Crippen molar-refractivity contribution in [1.82, 2.24) is 9.55 Å². The predicted molar refractivity (Wildman–Crippen MR) is 75.3 cm³/mol. The number of carbonyl (C=O) groups is 1. The van der Waals surface area contributed by atoms with Crippen LogP contribution in [0.1, 0.15) is 19.9 Å². The standard InChI is InChI=1S/C15H16N2O3/c1-3-20-15(19)11(2)17-10-16-13(9-14(17)18)12-7-5-4-6-8-12/h4-11H,3H2,1-2H3. The van der Waals surface area contributed by atoms with E-state index in [1.54, 1.807) is 13.8 Å². The van der Waals surface area contributed by atoms with Gasteiger partial charge in [0, 0.05) is 11.6 Å². The van der Waals surface area contributed by atoms with Crippen molar-refractivity contribution < 1.29 is 9.53 Å². The van der Waals surface area contributed by atoms with Gasteiger partial charge < -0.3 is 4.74 Å². The molecule has 0 aliphatic rings. The molecule has 104 valence electrons. The van der Waals surface area contributed by atoms with Crippen LogP contribution in [0, 0.1) is 0 Å². The summed E-state index contributed by atoms with van der Waals surface area (Å²) in [7, 11) is 0. The molecule has 0 radical (unpaired) electrons. The molecule has 1 aromatic carbocycles. The summed E-state index contributed by atoms with van der Waals surface area (Å²) in [6, 6.07) is 10.1. The largest absolute Gasteiger partial charge is 0.464 e. The van der Waals surface area contributed by atoms with Crippen molar-refractivity contribution in [2.75, 3.05) is 6.61 Å². The fourth-order valence-corrected chi connectivity index (χ4v) is 1.84. The van der Waals surface area contributed by atoms with Crippen LogP contribution in [0.4, 0.5) is 0 Å². The van der Waals surface area contributed by atoms with E-state index < -0.39 is 12.0 Å². The van der Waals surface area contributed by atoms with E-state index in [1.165, 1.54) is 17.0 Å². The Morgan fingerprint density at radius 2 is 2.05 bits per heavy atom. The minimum Gasteiger partial charge on any atom is -0.464 e. The van der Waals surface area contributed by atoms with E-state index in [0.29, 0.717) is 5.69 Å². The third kappa shape index (κ3) is 2.93. The molecule has 0 saturated carbocycles. The van der Waals surface area contributed by atoms with Crippen LogP contribution in [0.3, 0.4) is 0 Å². The third-order valence-corrected chi connectivity index (χ3v) is 2.95. The number of nitrogens with zero attached hydrogens (tertiary/aromatic N) is 2. The molecule has 0 spiro atoms. The molecule has 2 aromatic rings. The average Bonchev–Trinajstić information content (AvgIpc) is 2.47. The predicted octanol–water partition coefficient (Wildman–Crippen LogP) is 2.03. The van der Waals surface area contributed by atoms with E-state index in [2.05, 4.69) is 4.98 Å². The Bertz CT molecular complexity index is 650. The zero-order valence-corrected chi connectivity index (χ0v) is 11.4. The lowest BCUT2D eigenvalue weighted by atomic mass is 10.1. The van der Waals surface area contributed by atoms with Crippen LogP contribution >= 0.6 is 0 Å². The summed E-state index contributed by atoms with van der Waals surface area (Å²) >= 11 is 0. The van der Waals surface area contributed by atoms with Gasteiger partial charge in [0.05, 0.1) is 18.6 Å². The number of carbonyl (C=O) groups excluding carboxylic acids is 1. The van der Waals surface area contributed by atoms with Crippen LogP contribution < -0.4 is 5.56 Å². The van der Waals surface area contributed by atoms with E-state index in [0.717, 1.165) is 5.56 Å². The highest BCUT2D eigenvalue weighted by atomic mass is 16.5. The Morgan fingerprint density at radius 3 is 2.65 bits per heavy atom. The molecule has 0 amide bonds. The lowest BCUT2D eigenvalue weighted by Crippen LogP contribution is -2.29. The van der Waals surface area contributed by atoms with Gasteiger partial charge in [-0.2, -0.15) is 0 Å². The molecule has 0 saturated heterocycles. The first kappa shape index (κ1) is 14.0. The maximum Gasteiger partial charge on any atom is 0.328 e. The second kappa shape index (κ2) is 6.14. The molecule has 1 heterocycles. The van der Waals surface area contributed by atoms with Crippen LogP contribution in [0.5, 0.6) is 0 Å². The van der Waals surface area contributed by atoms with Crippen molar-refractivity contribution in [2.45, 2.75) is 19.9 Å². The van der Waals surface area contributed by atoms with Crippen LogP contribution in [-0.4, -0.2) is 22.1 Å². The molecule has 0 bridgehead atoms. The fourth-order valence-electron chi connectivity index (χ4n) is 1.84. The molecule has 1 aromatic heterocycles. The molecule has 0 aliphatic carbocycles. The van der Waals surface area contributed by atoms with E-state index in [4.69, 9.17) is 4.74 Å². The lowest BCUT2D eigenvalue weighted by Gasteiger charge is -2.13. The Balaban J connectivity index is 2.31. The topological polar surface area (TPSA) is 61.2 Å². The Hall–Kier alpha value is -2.43. The number of esters is 1. The van der Waals surface area contributed by atoms with Crippen molar-refractivity contribution in [1.29, 1.82) is 0 Å². The number of benzene rings is 1. The van der Waals surface area contributed by atoms with Crippen LogP contribution in [-0.2, 0) is 9.53 Å².